The molecule has 23 heavy (non-hydrogen) atoms. The van der Waals surface area contributed by atoms with Crippen LogP contribution in [0.3, 0.4) is 0 Å². The first-order valence-corrected chi connectivity index (χ1v) is 7.90. The summed E-state index contributed by atoms with van der Waals surface area (Å²) in [5.41, 5.74) is 5.24. The number of fused-ring (bicyclic) bond motifs is 3. The maximum Gasteiger partial charge on any atom is 0.212 e. The number of aryl methyl sites for hydroxylation is 2. The number of hydrogen-bond acceptors (Lipinski definition) is 2. The molecule has 0 radical (unpaired) electrons. The smallest absolute Gasteiger partial charge is 0.212 e. The Labute approximate surface area is 144 Å². The van der Waals surface area contributed by atoms with Crippen molar-refractivity contribution in [2.24, 2.45) is 5.92 Å². The number of aromatic nitrogens is 1. The fraction of sp³-hybridized carbons (Fsp3) is 0.421. The average molecular weight is 334 g/mol. The Morgan fingerprint density at radius 2 is 1.78 bits per heavy atom. The Bertz CT molecular complexity index is 698. The van der Waals surface area contributed by atoms with Crippen LogP contribution in [0.25, 0.3) is 11.3 Å². The van der Waals surface area contributed by atoms with E-state index in [0.29, 0.717) is 5.92 Å². The second-order valence-corrected chi connectivity index (χ2v) is 6.33. The van der Waals surface area contributed by atoms with Crippen LogP contribution in [0.2, 0.25) is 0 Å². The van der Waals surface area contributed by atoms with E-state index in [1.807, 2.05) is 0 Å². The number of methoxy groups -OCH3 is 2. The molecule has 1 aliphatic heterocycles. The van der Waals surface area contributed by atoms with E-state index >= 15 is 0 Å². The fourth-order valence-electron chi connectivity index (χ4n) is 3.22. The van der Waals surface area contributed by atoms with Crippen molar-refractivity contribution in [3.05, 3.63) is 41.6 Å². The Morgan fingerprint density at radius 1 is 1.09 bits per heavy atom. The number of pyridine rings is 1. The number of ether oxygens (including phenoxy) is 2. The van der Waals surface area contributed by atoms with Crippen molar-refractivity contribution in [3.63, 3.8) is 0 Å². The third-order valence-electron chi connectivity index (χ3n) is 4.24. The molecule has 0 saturated heterocycles. The van der Waals surface area contributed by atoms with Gasteiger partial charge in [0, 0.05) is 18.1 Å². The highest BCUT2D eigenvalue weighted by atomic mass is 35.5. The molecule has 0 fully saturated rings. The van der Waals surface area contributed by atoms with Gasteiger partial charge in [-0.1, -0.05) is 13.8 Å². The summed E-state index contributed by atoms with van der Waals surface area (Å²) < 4.78 is 13.2. The van der Waals surface area contributed by atoms with Crippen molar-refractivity contribution in [2.45, 2.75) is 33.2 Å². The molecule has 0 spiro atoms. The van der Waals surface area contributed by atoms with Crippen molar-refractivity contribution in [3.8, 4) is 22.8 Å². The first-order valence-electron chi connectivity index (χ1n) is 7.90. The third kappa shape index (κ3) is 3.45. The molecule has 3 rings (SSSR count). The molecule has 0 saturated carbocycles. The number of benzene rings is 1. The van der Waals surface area contributed by atoms with Gasteiger partial charge < -0.3 is 21.9 Å². The minimum absolute atomic E-state index is 0. The van der Waals surface area contributed by atoms with Gasteiger partial charge in [-0.3, -0.25) is 0 Å². The van der Waals surface area contributed by atoms with Crippen molar-refractivity contribution in [2.75, 3.05) is 14.2 Å². The number of rotatable bonds is 4. The van der Waals surface area contributed by atoms with E-state index in [9.17, 15) is 0 Å². The molecule has 0 bridgehead atoms. The largest absolute Gasteiger partial charge is 1.00 e. The lowest BCUT2D eigenvalue weighted by molar-refractivity contribution is -0.688. The van der Waals surface area contributed by atoms with Crippen LogP contribution >= 0.6 is 0 Å². The van der Waals surface area contributed by atoms with Crippen molar-refractivity contribution < 1.29 is 26.4 Å². The summed E-state index contributed by atoms with van der Waals surface area (Å²) in [5, 5.41) is 0. The molecule has 0 atom stereocenters. The summed E-state index contributed by atoms with van der Waals surface area (Å²) >= 11 is 0. The van der Waals surface area contributed by atoms with Gasteiger partial charge in [-0.15, -0.1) is 0 Å². The van der Waals surface area contributed by atoms with Gasteiger partial charge in [0.05, 0.1) is 19.8 Å². The van der Waals surface area contributed by atoms with E-state index in [4.69, 9.17) is 9.47 Å². The Balaban J connectivity index is 0.00000192. The van der Waals surface area contributed by atoms with E-state index in [1.165, 1.54) is 22.4 Å². The molecule has 3 nitrogen and oxygen atoms in total. The predicted octanol–water partition coefficient (Wildman–Crippen LogP) is 0.417. The summed E-state index contributed by atoms with van der Waals surface area (Å²) in [6.45, 7) is 5.54. The van der Waals surface area contributed by atoms with Crippen molar-refractivity contribution >= 4 is 0 Å². The summed E-state index contributed by atoms with van der Waals surface area (Å²) in [4.78, 5) is 0. The Morgan fingerprint density at radius 3 is 2.43 bits per heavy atom. The maximum atomic E-state index is 5.46. The predicted molar refractivity (Wildman–Crippen MR) is 87.4 cm³/mol. The zero-order chi connectivity index (χ0) is 15.7. The van der Waals surface area contributed by atoms with Crippen LogP contribution in [-0.4, -0.2) is 14.2 Å². The van der Waals surface area contributed by atoms with E-state index in [0.717, 1.165) is 30.9 Å². The summed E-state index contributed by atoms with van der Waals surface area (Å²) in [5.74, 6) is 2.28. The second-order valence-electron chi connectivity index (χ2n) is 6.33. The van der Waals surface area contributed by atoms with Crippen LogP contribution in [0.15, 0.2) is 30.5 Å². The molecule has 124 valence electrons. The van der Waals surface area contributed by atoms with Crippen LogP contribution in [0, 0.1) is 5.92 Å². The standard InChI is InChI=1S/C19H24NO2.ClH/c1-13(2)9-14-5-6-17-16-11-19(22-4)18(21-3)10-15(16)7-8-20(17)12-14;/h5-6,10-13H,7-9H2,1-4H3;1H/q+1;/p-1. The molecule has 1 aromatic carbocycles. The van der Waals surface area contributed by atoms with Crippen LogP contribution in [0.4, 0.5) is 0 Å². The normalized spacial score (nSPS) is 12.2. The van der Waals surface area contributed by atoms with E-state index in [2.05, 4.69) is 48.9 Å². The Hall–Kier alpha value is -1.74. The number of hydrogen-bond donors (Lipinski definition) is 0. The first-order chi connectivity index (χ1) is 10.6. The highest BCUT2D eigenvalue weighted by Crippen LogP contribution is 2.36. The van der Waals surface area contributed by atoms with Gasteiger partial charge in [0.2, 0.25) is 5.69 Å². The van der Waals surface area contributed by atoms with Crippen molar-refractivity contribution in [1.29, 1.82) is 0 Å². The molecule has 2 aromatic rings. The molecule has 0 amide bonds. The van der Waals surface area contributed by atoms with Gasteiger partial charge in [0.15, 0.2) is 24.2 Å². The van der Waals surface area contributed by atoms with Gasteiger partial charge in [0.1, 0.15) is 0 Å². The van der Waals surface area contributed by atoms with Crippen LogP contribution in [0.5, 0.6) is 11.5 Å². The summed E-state index contributed by atoms with van der Waals surface area (Å²) in [6.07, 6.45) is 4.45. The van der Waals surface area contributed by atoms with Gasteiger partial charge in [-0.2, -0.15) is 4.57 Å². The third-order valence-corrected chi connectivity index (χ3v) is 4.24. The van der Waals surface area contributed by atoms with E-state index in [1.54, 1.807) is 14.2 Å². The quantitative estimate of drug-likeness (QED) is 0.757. The topological polar surface area (TPSA) is 22.3 Å². The fourth-order valence-corrected chi connectivity index (χ4v) is 3.22. The van der Waals surface area contributed by atoms with E-state index < -0.39 is 0 Å². The van der Waals surface area contributed by atoms with Crippen LogP contribution in [0.1, 0.15) is 25.0 Å². The minimum atomic E-state index is 0. The molecular weight excluding hydrogens is 310 g/mol. The van der Waals surface area contributed by atoms with Gasteiger partial charge in [0.25, 0.3) is 0 Å². The zero-order valence-electron chi connectivity index (χ0n) is 14.2. The molecule has 2 heterocycles. The van der Waals surface area contributed by atoms with E-state index in [-0.39, 0.29) is 12.4 Å². The number of nitrogens with zero attached hydrogens (tertiary/aromatic N) is 1. The van der Waals surface area contributed by atoms with Gasteiger partial charge >= 0.3 is 0 Å². The SMILES string of the molecule is COc1cc2c(cc1OC)-c1ccc(CC(C)C)c[n+]1CC2.[Cl-]. The number of halogens is 1. The Kier molecular flexibility index (Phi) is 5.53. The lowest BCUT2D eigenvalue weighted by Gasteiger charge is -2.18. The van der Waals surface area contributed by atoms with Crippen LogP contribution < -0.4 is 26.4 Å². The van der Waals surface area contributed by atoms with Crippen molar-refractivity contribution in [1.82, 2.24) is 0 Å². The second kappa shape index (κ2) is 7.22. The maximum absolute atomic E-state index is 5.46. The minimum Gasteiger partial charge on any atom is -1.00 e. The zero-order valence-corrected chi connectivity index (χ0v) is 15.0. The molecule has 0 aliphatic carbocycles. The highest BCUT2D eigenvalue weighted by molar-refractivity contribution is 5.67. The molecule has 1 aliphatic rings. The monoisotopic (exact) mass is 333 g/mol. The molecule has 1 aromatic heterocycles. The summed E-state index contributed by atoms with van der Waals surface area (Å²) in [6, 6.07) is 8.69. The average Bonchev–Trinajstić information content (AvgIpc) is 2.52. The molecule has 0 unspecified atom stereocenters. The molecule has 0 N–H and O–H groups in total. The van der Waals surface area contributed by atoms with Crippen LogP contribution in [-0.2, 0) is 19.4 Å². The summed E-state index contributed by atoms with van der Waals surface area (Å²) in [7, 11) is 3.38. The molecular formula is C19H24ClNO2. The molecule has 4 heteroatoms. The van der Waals surface area contributed by atoms with Gasteiger partial charge in [-0.05, 0) is 36.1 Å². The lowest BCUT2D eigenvalue weighted by Crippen LogP contribution is -3.00. The highest BCUT2D eigenvalue weighted by Gasteiger charge is 2.25. The van der Waals surface area contributed by atoms with Gasteiger partial charge in [-0.25, -0.2) is 0 Å². The lowest BCUT2D eigenvalue weighted by atomic mass is 9.95. The first kappa shape index (κ1) is 17.6.